The van der Waals surface area contributed by atoms with Crippen molar-refractivity contribution in [2.75, 3.05) is 11.9 Å². The van der Waals surface area contributed by atoms with E-state index in [1.54, 1.807) is 15.6 Å². The van der Waals surface area contributed by atoms with Gasteiger partial charge in [-0.2, -0.15) is 4.68 Å². The van der Waals surface area contributed by atoms with Gasteiger partial charge in [-0.3, -0.25) is 4.68 Å². The molecule has 1 aromatic carbocycles. The van der Waals surface area contributed by atoms with Gasteiger partial charge < -0.3 is 5.32 Å². The van der Waals surface area contributed by atoms with E-state index < -0.39 is 0 Å². The van der Waals surface area contributed by atoms with Crippen molar-refractivity contribution in [2.24, 2.45) is 0 Å². The van der Waals surface area contributed by atoms with Crippen LogP contribution in [-0.2, 0) is 6.54 Å². The standard InChI is InChI=1S/C12H14N8/c1-10-2-4-11(5-3-10)20-12(15-16-18-20)13-6-8-19-9-7-14-17-19/h2-5,7,9H,6,8H2,1H3,(H,13,15,18). The number of tetrazole rings is 1. The van der Waals surface area contributed by atoms with Crippen LogP contribution in [0.25, 0.3) is 5.69 Å². The number of hydrogen-bond acceptors (Lipinski definition) is 6. The highest BCUT2D eigenvalue weighted by atomic mass is 15.6. The van der Waals surface area contributed by atoms with E-state index in [9.17, 15) is 0 Å². The first-order valence-corrected chi connectivity index (χ1v) is 6.26. The number of benzene rings is 1. The number of aromatic nitrogens is 7. The van der Waals surface area contributed by atoms with Crippen molar-refractivity contribution < 1.29 is 0 Å². The van der Waals surface area contributed by atoms with Crippen molar-refractivity contribution in [1.29, 1.82) is 0 Å². The van der Waals surface area contributed by atoms with Crippen LogP contribution in [0.5, 0.6) is 0 Å². The van der Waals surface area contributed by atoms with Crippen LogP contribution in [0.4, 0.5) is 5.95 Å². The average Bonchev–Trinajstić information content (AvgIpc) is 3.11. The molecule has 8 nitrogen and oxygen atoms in total. The average molecular weight is 270 g/mol. The maximum Gasteiger partial charge on any atom is 0.247 e. The molecule has 0 bridgehead atoms. The molecular weight excluding hydrogens is 256 g/mol. The van der Waals surface area contributed by atoms with Crippen LogP contribution in [0.1, 0.15) is 5.56 Å². The van der Waals surface area contributed by atoms with Gasteiger partial charge in [-0.1, -0.05) is 28.0 Å². The van der Waals surface area contributed by atoms with Crippen molar-refractivity contribution in [3.05, 3.63) is 42.2 Å². The van der Waals surface area contributed by atoms with E-state index in [-0.39, 0.29) is 0 Å². The van der Waals surface area contributed by atoms with Gasteiger partial charge >= 0.3 is 0 Å². The maximum atomic E-state index is 3.99. The van der Waals surface area contributed by atoms with Gasteiger partial charge in [0.15, 0.2) is 0 Å². The molecule has 3 rings (SSSR count). The van der Waals surface area contributed by atoms with Crippen molar-refractivity contribution in [2.45, 2.75) is 13.5 Å². The molecule has 0 fully saturated rings. The van der Waals surface area contributed by atoms with Crippen molar-refractivity contribution >= 4 is 5.95 Å². The lowest BCUT2D eigenvalue weighted by molar-refractivity contribution is 0.606. The zero-order valence-electron chi connectivity index (χ0n) is 11.0. The SMILES string of the molecule is Cc1ccc(-n2nnnc2NCCn2ccnn2)cc1. The monoisotopic (exact) mass is 270 g/mol. The highest BCUT2D eigenvalue weighted by Gasteiger charge is 2.07. The second-order valence-corrected chi connectivity index (χ2v) is 4.34. The first-order chi connectivity index (χ1) is 9.83. The van der Waals surface area contributed by atoms with E-state index in [4.69, 9.17) is 0 Å². The molecule has 2 aromatic heterocycles. The number of nitrogens with zero attached hydrogens (tertiary/aromatic N) is 7. The molecule has 0 aliphatic rings. The van der Waals surface area contributed by atoms with Crippen molar-refractivity contribution in [1.82, 2.24) is 35.2 Å². The minimum Gasteiger partial charge on any atom is -0.351 e. The molecule has 0 unspecified atom stereocenters. The predicted molar refractivity (Wildman–Crippen MR) is 72.4 cm³/mol. The molecule has 0 saturated carbocycles. The quantitative estimate of drug-likeness (QED) is 0.733. The predicted octanol–water partition coefficient (Wildman–Crippen LogP) is 0.674. The van der Waals surface area contributed by atoms with Gasteiger partial charge in [-0.05, 0) is 29.5 Å². The summed E-state index contributed by atoms with van der Waals surface area (Å²) in [4.78, 5) is 0. The molecule has 8 heteroatoms. The fraction of sp³-hybridized carbons (Fsp3) is 0.250. The van der Waals surface area contributed by atoms with Gasteiger partial charge in [0.2, 0.25) is 5.95 Å². The fourth-order valence-corrected chi connectivity index (χ4v) is 1.79. The van der Waals surface area contributed by atoms with Crippen molar-refractivity contribution in [3.63, 3.8) is 0 Å². The van der Waals surface area contributed by atoms with E-state index in [1.807, 2.05) is 37.4 Å². The van der Waals surface area contributed by atoms with Gasteiger partial charge in [0.1, 0.15) is 0 Å². The molecule has 0 saturated heterocycles. The third-order valence-electron chi connectivity index (χ3n) is 2.84. The fourth-order valence-electron chi connectivity index (χ4n) is 1.79. The number of aryl methyl sites for hydroxylation is 1. The second-order valence-electron chi connectivity index (χ2n) is 4.34. The molecule has 2 heterocycles. The molecule has 20 heavy (non-hydrogen) atoms. The van der Waals surface area contributed by atoms with Crippen LogP contribution in [0.15, 0.2) is 36.7 Å². The Morgan fingerprint density at radius 1 is 1.15 bits per heavy atom. The Morgan fingerprint density at radius 3 is 2.75 bits per heavy atom. The van der Waals surface area contributed by atoms with Crippen LogP contribution >= 0.6 is 0 Å². The molecule has 3 aromatic rings. The first-order valence-electron chi connectivity index (χ1n) is 6.26. The topological polar surface area (TPSA) is 86.3 Å². The Kier molecular flexibility index (Phi) is 3.36. The third kappa shape index (κ3) is 2.63. The number of anilines is 1. The summed E-state index contributed by atoms with van der Waals surface area (Å²) >= 11 is 0. The van der Waals surface area contributed by atoms with Gasteiger partial charge in [-0.15, -0.1) is 5.10 Å². The van der Waals surface area contributed by atoms with E-state index in [0.717, 1.165) is 5.69 Å². The number of nitrogens with one attached hydrogen (secondary N) is 1. The molecule has 0 aliphatic carbocycles. The van der Waals surface area contributed by atoms with Gasteiger partial charge in [0, 0.05) is 12.7 Å². The maximum absolute atomic E-state index is 3.99. The molecule has 0 atom stereocenters. The molecule has 102 valence electrons. The van der Waals surface area contributed by atoms with E-state index in [0.29, 0.717) is 19.0 Å². The Labute approximate surface area is 115 Å². The Morgan fingerprint density at radius 2 is 2.00 bits per heavy atom. The summed E-state index contributed by atoms with van der Waals surface area (Å²) in [5.41, 5.74) is 2.12. The highest BCUT2D eigenvalue weighted by molar-refractivity contribution is 5.39. The molecule has 0 radical (unpaired) electrons. The van der Waals surface area contributed by atoms with Crippen LogP contribution in [0.2, 0.25) is 0 Å². The van der Waals surface area contributed by atoms with Crippen LogP contribution in [0, 0.1) is 6.92 Å². The summed E-state index contributed by atoms with van der Waals surface area (Å²) in [6, 6.07) is 8.01. The van der Waals surface area contributed by atoms with Crippen LogP contribution in [-0.4, -0.2) is 41.7 Å². The minimum atomic E-state index is 0.606. The third-order valence-corrected chi connectivity index (χ3v) is 2.84. The lowest BCUT2D eigenvalue weighted by atomic mass is 10.2. The second kappa shape index (κ2) is 5.47. The normalized spacial score (nSPS) is 10.7. The van der Waals surface area contributed by atoms with Gasteiger partial charge in [-0.25, -0.2) is 0 Å². The van der Waals surface area contributed by atoms with Crippen LogP contribution in [0.3, 0.4) is 0 Å². The smallest absolute Gasteiger partial charge is 0.247 e. The highest BCUT2D eigenvalue weighted by Crippen LogP contribution is 2.11. The number of rotatable bonds is 5. The minimum absolute atomic E-state index is 0.606. The summed E-state index contributed by atoms with van der Waals surface area (Å²) < 4.78 is 3.41. The summed E-state index contributed by atoms with van der Waals surface area (Å²) in [5.74, 6) is 0.606. The Balaban J connectivity index is 1.68. The summed E-state index contributed by atoms with van der Waals surface area (Å²) in [6.07, 6.45) is 3.46. The first kappa shape index (κ1) is 12.3. The van der Waals surface area contributed by atoms with Crippen molar-refractivity contribution in [3.8, 4) is 5.69 Å². The van der Waals surface area contributed by atoms with Gasteiger partial charge in [0.05, 0.1) is 18.4 Å². The zero-order chi connectivity index (χ0) is 13.8. The Bertz CT molecular complexity index is 655. The lowest BCUT2D eigenvalue weighted by Crippen LogP contribution is -2.14. The van der Waals surface area contributed by atoms with E-state index >= 15 is 0 Å². The molecule has 0 amide bonds. The van der Waals surface area contributed by atoms with Gasteiger partial charge in [0.25, 0.3) is 0 Å². The summed E-state index contributed by atoms with van der Waals surface area (Å²) in [5, 5.41) is 22.5. The molecular formula is C12H14N8. The van der Waals surface area contributed by atoms with E-state index in [1.165, 1.54) is 5.56 Å². The summed E-state index contributed by atoms with van der Waals surface area (Å²) in [6.45, 7) is 3.40. The lowest BCUT2D eigenvalue weighted by Gasteiger charge is -2.07. The molecule has 0 aliphatic heterocycles. The van der Waals surface area contributed by atoms with Crippen LogP contribution < -0.4 is 5.32 Å². The number of hydrogen-bond donors (Lipinski definition) is 1. The zero-order valence-corrected chi connectivity index (χ0v) is 11.0. The van der Waals surface area contributed by atoms with E-state index in [2.05, 4.69) is 31.2 Å². The Hall–Kier alpha value is -2.77. The largest absolute Gasteiger partial charge is 0.351 e. The molecule has 0 spiro atoms. The molecule has 1 N–H and O–H groups in total. The summed E-state index contributed by atoms with van der Waals surface area (Å²) in [7, 11) is 0.